The van der Waals surface area contributed by atoms with Crippen molar-refractivity contribution in [2.45, 2.75) is 25.8 Å². The molecule has 0 aliphatic carbocycles. The van der Waals surface area contributed by atoms with Crippen LogP contribution in [-0.4, -0.2) is 57.3 Å². The van der Waals surface area contributed by atoms with Crippen molar-refractivity contribution in [2.24, 2.45) is 0 Å². The lowest BCUT2D eigenvalue weighted by Crippen LogP contribution is -2.40. The minimum absolute atomic E-state index is 0.290. The Bertz CT molecular complexity index is 659. The summed E-state index contributed by atoms with van der Waals surface area (Å²) < 4.78 is 0. The first kappa shape index (κ1) is 16.5. The molecule has 0 saturated carbocycles. The van der Waals surface area contributed by atoms with E-state index in [0.29, 0.717) is 12.2 Å². The molecule has 0 aromatic carbocycles. The van der Waals surface area contributed by atoms with Crippen molar-refractivity contribution in [1.29, 1.82) is 0 Å². The number of hydrogen-bond donors (Lipinski definition) is 0. The predicted molar refractivity (Wildman–Crippen MR) is 92.0 cm³/mol. The number of hydrogen-bond acceptors (Lipinski definition) is 5. The van der Waals surface area contributed by atoms with Gasteiger partial charge in [-0.3, -0.25) is 9.78 Å². The first-order valence-electron chi connectivity index (χ1n) is 8.41. The molecule has 6 heteroatoms. The molecule has 0 unspecified atom stereocenters. The van der Waals surface area contributed by atoms with E-state index in [0.717, 1.165) is 50.3 Å². The highest BCUT2D eigenvalue weighted by Gasteiger charge is 2.17. The SMILES string of the molecule is CN(CCN1CCCCC1=O)Cc1cnc(-c2ccccn2)nc1. The quantitative estimate of drug-likeness (QED) is 0.813. The zero-order valence-electron chi connectivity index (χ0n) is 14.1. The van der Waals surface area contributed by atoms with Crippen LogP contribution < -0.4 is 0 Å². The summed E-state index contributed by atoms with van der Waals surface area (Å²) >= 11 is 0. The molecule has 6 nitrogen and oxygen atoms in total. The van der Waals surface area contributed by atoms with E-state index in [1.54, 1.807) is 6.20 Å². The molecule has 0 spiro atoms. The Hall–Kier alpha value is -2.34. The number of rotatable bonds is 6. The first-order valence-corrected chi connectivity index (χ1v) is 8.41. The van der Waals surface area contributed by atoms with Gasteiger partial charge in [0.1, 0.15) is 5.69 Å². The minimum atomic E-state index is 0.290. The second-order valence-corrected chi connectivity index (χ2v) is 6.21. The molecule has 1 aliphatic heterocycles. The lowest BCUT2D eigenvalue weighted by molar-refractivity contribution is -0.133. The molecular weight excluding hydrogens is 302 g/mol. The third kappa shape index (κ3) is 4.35. The Balaban J connectivity index is 1.51. The van der Waals surface area contributed by atoms with Crippen LogP contribution in [0.4, 0.5) is 0 Å². The maximum atomic E-state index is 11.8. The first-order chi connectivity index (χ1) is 11.7. The number of aromatic nitrogens is 3. The number of nitrogens with zero attached hydrogens (tertiary/aromatic N) is 5. The molecule has 0 atom stereocenters. The number of likely N-dealkylation sites (tertiary alicyclic amines) is 1. The maximum absolute atomic E-state index is 11.8. The minimum Gasteiger partial charge on any atom is -0.341 e. The number of amides is 1. The van der Waals surface area contributed by atoms with Gasteiger partial charge in [-0.25, -0.2) is 9.97 Å². The zero-order valence-corrected chi connectivity index (χ0v) is 14.1. The third-order valence-corrected chi connectivity index (χ3v) is 4.22. The van der Waals surface area contributed by atoms with Gasteiger partial charge in [0.05, 0.1) is 0 Å². The molecule has 0 bridgehead atoms. The van der Waals surface area contributed by atoms with E-state index in [9.17, 15) is 4.79 Å². The van der Waals surface area contributed by atoms with Crippen LogP contribution >= 0.6 is 0 Å². The molecule has 3 rings (SSSR count). The van der Waals surface area contributed by atoms with Crippen molar-refractivity contribution in [2.75, 3.05) is 26.7 Å². The summed E-state index contributed by atoms with van der Waals surface area (Å²) in [6.45, 7) is 3.31. The highest BCUT2D eigenvalue weighted by molar-refractivity contribution is 5.76. The molecule has 1 aliphatic rings. The van der Waals surface area contributed by atoms with Crippen LogP contribution in [0.25, 0.3) is 11.5 Å². The van der Waals surface area contributed by atoms with Gasteiger partial charge in [-0.05, 0) is 32.0 Å². The summed E-state index contributed by atoms with van der Waals surface area (Å²) in [6, 6.07) is 5.70. The number of carbonyl (C=O) groups excluding carboxylic acids is 1. The summed E-state index contributed by atoms with van der Waals surface area (Å²) in [5.41, 5.74) is 1.84. The molecule has 0 N–H and O–H groups in total. The van der Waals surface area contributed by atoms with Crippen LogP contribution in [0.1, 0.15) is 24.8 Å². The van der Waals surface area contributed by atoms with Crippen molar-refractivity contribution < 1.29 is 4.79 Å². The highest BCUT2D eigenvalue weighted by Crippen LogP contribution is 2.12. The van der Waals surface area contributed by atoms with E-state index in [1.807, 2.05) is 35.5 Å². The Kier molecular flexibility index (Phi) is 5.48. The fourth-order valence-electron chi connectivity index (χ4n) is 2.84. The summed E-state index contributed by atoms with van der Waals surface area (Å²) in [5.74, 6) is 0.929. The van der Waals surface area contributed by atoms with E-state index in [2.05, 4.69) is 26.9 Å². The number of pyridine rings is 1. The maximum Gasteiger partial charge on any atom is 0.222 e. The van der Waals surface area contributed by atoms with Crippen molar-refractivity contribution in [3.8, 4) is 11.5 Å². The van der Waals surface area contributed by atoms with Gasteiger partial charge in [0.15, 0.2) is 5.82 Å². The number of piperidine rings is 1. The highest BCUT2D eigenvalue weighted by atomic mass is 16.2. The van der Waals surface area contributed by atoms with Crippen LogP contribution in [0.15, 0.2) is 36.8 Å². The standard InChI is InChI=1S/C18H23N5O/c1-22(10-11-23-9-5-3-7-17(23)24)14-15-12-20-18(21-13-15)16-6-2-4-8-19-16/h2,4,6,8,12-13H,3,5,7,9-11,14H2,1H3. The molecule has 1 saturated heterocycles. The number of likely N-dealkylation sites (N-methyl/N-ethyl adjacent to an activating group) is 1. The molecular formula is C18H23N5O. The van der Waals surface area contributed by atoms with Crippen LogP contribution in [0.5, 0.6) is 0 Å². The molecule has 0 radical (unpaired) electrons. The van der Waals surface area contributed by atoms with Crippen LogP contribution in [0.3, 0.4) is 0 Å². The van der Waals surface area contributed by atoms with Gasteiger partial charge in [0.2, 0.25) is 5.91 Å². The number of carbonyl (C=O) groups is 1. The van der Waals surface area contributed by atoms with E-state index in [4.69, 9.17) is 0 Å². The monoisotopic (exact) mass is 325 g/mol. The van der Waals surface area contributed by atoms with E-state index in [-0.39, 0.29) is 5.91 Å². The largest absolute Gasteiger partial charge is 0.341 e. The molecule has 24 heavy (non-hydrogen) atoms. The molecule has 1 amide bonds. The lowest BCUT2D eigenvalue weighted by atomic mass is 10.1. The Labute approximate surface area is 142 Å². The Morgan fingerprint density at radius 3 is 2.71 bits per heavy atom. The van der Waals surface area contributed by atoms with Gasteiger partial charge in [0.25, 0.3) is 0 Å². The molecule has 126 valence electrons. The van der Waals surface area contributed by atoms with E-state index < -0.39 is 0 Å². The van der Waals surface area contributed by atoms with Gasteiger partial charge >= 0.3 is 0 Å². The van der Waals surface area contributed by atoms with Gasteiger partial charge in [-0.1, -0.05) is 6.07 Å². The van der Waals surface area contributed by atoms with E-state index in [1.165, 1.54) is 0 Å². The second kappa shape index (κ2) is 7.97. The smallest absolute Gasteiger partial charge is 0.222 e. The average Bonchev–Trinajstić information content (AvgIpc) is 2.62. The summed E-state index contributed by atoms with van der Waals surface area (Å²) in [5, 5.41) is 0. The normalized spacial score (nSPS) is 15.1. The Morgan fingerprint density at radius 1 is 1.17 bits per heavy atom. The topological polar surface area (TPSA) is 62.2 Å². The predicted octanol–water partition coefficient (Wildman–Crippen LogP) is 1.98. The van der Waals surface area contributed by atoms with Crippen LogP contribution in [-0.2, 0) is 11.3 Å². The van der Waals surface area contributed by atoms with Crippen molar-refractivity contribution in [3.05, 3.63) is 42.4 Å². The van der Waals surface area contributed by atoms with Crippen molar-refractivity contribution in [1.82, 2.24) is 24.8 Å². The zero-order chi connectivity index (χ0) is 16.8. The third-order valence-electron chi connectivity index (χ3n) is 4.22. The summed E-state index contributed by atoms with van der Waals surface area (Å²) in [6.07, 6.45) is 8.29. The fraction of sp³-hybridized carbons (Fsp3) is 0.444. The van der Waals surface area contributed by atoms with Gasteiger partial charge in [-0.15, -0.1) is 0 Å². The van der Waals surface area contributed by atoms with E-state index >= 15 is 0 Å². The lowest BCUT2D eigenvalue weighted by Gasteiger charge is -2.28. The van der Waals surface area contributed by atoms with Crippen molar-refractivity contribution >= 4 is 5.91 Å². The van der Waals surface area contributed by atoms with Crippen LogP contribution in [0, 0.1) is 0 Å². The van der Waals surface area contributed by atoms with Gasteiger partial charge < -0.3 is 9.80 Å². The van der Waals surface area contributed by atoms with Gasteiger partial charge in [-0.2, -0.15) is 0 Å². The average molecular weight is 325 g/mol. The molecule has 3 heterocycles. The fourth-order valence-corrected chi connectivity index (χ4v) is 2.84. The van der Waals surface area contributed by atoms with Crippen LogP contribution in [0.2, 0.25) is 0 Å². The second-order valence-electron chi connectivity index (χ2n) is 6.21. The Morgan fingerprint density at radius 2 is 2.00 bits per heavy atom. The molecule has 2 aromatic heterocycles. The summed E-state index contributed by atoms with van der Waals surface area (Å²) in [4.78, 5) is 29.0. The van der Waals surface area contributed by atoms with Crippen molar-refractivity contribution in [3.63, 3.8) is 0 Å². The molecule has 1 fully saturated rings. The van der Waals surface area contributed by atoms with Gasteiger partial charge in [0, 0.05) is 56.8 Å². The molecule has 2 aromatic rings. The summed E-state index contributed by atoms with van der Waals surface area (Å²) in [7, 11) is 2.06.